The molecule has 1 N–H and O–H groups in total. The van der Waals surface area contributed by atoms with Gasteiger partial charge in [-0.2, -0.15) is 0 Å². The van der Waals surface area contributed by atoms with Crippen LogP contribution in [0.3, 0.4) is 0 Å². The van der Waals surface area contributed by atoms with E-state index < -0.39 is 5.97 Å². The van der Waals surface area contributed by atoms with Crippen LogP contribution in [-0.2, 0) is 0 Å². The van der Waals surface area contributed by atoms with Crippen molar-refractivity contribution >= 4 is 27.6 Å². The maximum absolute atomic E-state index is 10.7. The number of anilines is 1. The summed E-state index contributed by atoms with van der Waals surface area (Å²) in [5, 5.41) is 8.82. The van der Waals surface area contributed by atoms with Crippen LogP contribution in [0.4, 0.5) is 5.69 Å². The van der Waals surface area contributed by atoms with Crippen LogP contribution in [0.2, 0.25) is 0 Å². The van der Waals surface area contributed by atoms with Gasteiger partial charge in [-0.3, -0.25) is 0 Å². The van der Waals surface area contributed by atoms with Gasteiger partial charge in [-0.1, -0.05) is 0 Å². The van der Waals surface area contributed by atoms with E-state index in [4.69, 9.17) is 5.11 Å². The van der Waals surface area contributed by atoms with Crippen LogP contribution in [0, 0.1) is 0 Å². The third-order valence-electron chi connectivity index (χ3n) is 1.70. The van der Waals surface area contributed by atoms with Gasteiger partial charge in [0, 0.05) is 24.3 Å². The lowest BCUT2D eigenvalue weighted by Crippen LogP contribution is -2.10. The van der Waals surface area contributed by atoms with Crippen molar-refractivity contribution in [3.05, 3.63) is 28.2 Å². The highest BCUT2D eigenvalue weighted by Crippen LogP contribution is 2.22. The van der Waals surface area contributed by atoms with Crippen LogP contribution in [0.1, 0.15) is 10.4 Å². The highest BCUT2D eigenvalue weighted by atomic mass is 79.9. The van der Waals surface area contributed by atoms with E-state index in [1.54, 1.807) is 12.1 Å². The van der Waals surface area contributed by atoms with Crippen LogP contribution >= 0.6 is 15.9 Å². The van der Waals surface area contributed by atoms with Gasteiger partial charge in [0.15, 0.2) is 0 Å². The summed E-state index contributed by atoms with van der Waals surface area (Å²) >= 11 is 3.18. The number of aromatic carboxylic acids is 1. The zero-order valence-corrected chi connectivity index (χ0v) is 9.00. The van der Waals surface area contributed by atoms with Crippen molar-refractivity contribution in [1.82, 2.24) is 0 Å². The first-order valence-electron chi connectivity index (χ1n) is 3.72. The number of halogens is 1. The van der Waals surface area contributed by atoms with Crippen molar-refractivity contribution in [2.24, 2.45) is 0 Å². The van der Waals surface area contributed by atoms with Crippen molar-refractivity contribution in [2.45, 2.75) is 0 Å². The Bertz CT molecular complexity index is 336. The Morgan fingerprint density at radius 2 is 2.08 bits per heavy atom. The molecule has 70 valence electrons. The molecule has 0 atom stereocenters. The van der Waals surface area contributed by atoms with E-state index in [0.29, 0.717) is 4.47 Å². The van der Waals surface area contributed by atoms with Gasteiger partial charge < -0.3 is 10.0 Å². The number of hydrogen-bond acceptors (Lipinski definition) is 2. The molecule has 0 amide bonds. The zero-order chi connectivity index (χ0) is 10.0. The fraction of sp³-hybridized carbons (Fsp3) is 0.222. The molecule has 0 radical (unpaired) electrons. The normalized spacial score (nSPS) is 9.77. The molecule has 0 aliphatic heterocycles. The minimum absolute atomic E-state index is 0.284. The number of hydrogen-bond donors (Lipinski definition) is 1. The minimum atomic E-state index is -0.921. The van der Waals surface area contributed by atoms with E-state index in [1.807, 2.05) is 25.1 Å². The van der Waals surface area contributed by atoms with E-state index in [1.165, 1.54) is 0 Å². The van der Waals surface area contributed by atoms with E-state index in [9.17, 15) is 4.79 Å². The molecule has 1 rings (SSSR count). The van der Waals surface area contributed by atoms with Gasteiger partial charge in [0.05, 0.1) is 5.56 Å². The largest absolute Gasteiger partial charge is 0.478 e. The average Bonchev–Trinajstić information content (AvgIpc) is 2.04. The standard InChI is InChI=1S/C9H10BrNO2/c1-11(2)6-3-4-8(10)7(5-6)9(12)13/h3-5H,1-2H3,(H,12,13). The fourth-order valence-electron chi connectivity index (χ4n) is 0.955. The van der Waals surface area contributed by atoms with Crippen molar-refractivity contribution in [2.75, 3.05) is 19.0 Å². The van der Waals surface area contributed by atoms with Gasteiger partial charge in [0.2, 0.25) is 0 Å². The molecule has 0 saturated carbocycles. The Balaban J connectivity index is 3.19. The molecule has 0 spiro atoms. The van der Waals surface area contributed by atoms with Crippen LogP contribution in [0.15, 0.2) is 22.7 Å². The van der Waals surface area contributed by atoms with Gasteiger partial charge in [0.25, 0.3) is 0 Å². The molecular formula is C9H10BrNO2. The Hall–Kier alpha value is -1.03. The van der Waals surface area contributed by atoms with Crippen molar-refractivity contribution in [3.8, 4) is 0 Å². The Morgan fingerprint density at radius 1 is 1.46 bits per heavy atom. The van der Waals surface area contributed by atoms with Crippen LogP contribution in [-0.4, -0.2) is 25.2 Å². The van der Waals surface area contributed by atoms with Crippen LogP contribution in [0.25, 0.3) is 0 Å². The van der Waals surface area contributed by atoms with E-state index >= 15 is 0 Å². The Labute approximate surface area is 85.1 Å². The first-order chi connectivity index (χ1) is 6.02. The second kappa shape index (κ2) is 3.79. The summed E-state index contributed by atoms with van der Waals surface area (Å²) < 4.78 is 0.602. The van der Waals surface area contributed by atoms with E-state index in [2.05, 4.69) is 15.9 Å². The first kappa shape index (κ1) is 10.1. The van der Waals surface area contributed by atoms with E-state index in [0.717, 1.165) is 5.69 Å². The molecule has 4 heteroatoms. The number of benzene rings is 1. The summed E-state index contributed by atoms with van der Waals surface area (Å²) in [6.07, 6.45) is 0. The Kier molecular flexibility index (Phi) is 2.93. The van der Waals surface area contributed by atoms with Crippen molar-refractivity contribution < 1.29 is 9.90 Å². The van der Waals surface area contributed by atoms with Crippen molar-refractivity contribution in [3.63, 3.8) is 0 Å². The number of rotatable bonds is 2. The second-order valence-corrected chi connectivity index (χ2v) is 3.72. The second-order valence-electron chi connectivity index (χ2n) is 2.86. The lowest BCUT2D eigenvalue weighted by atomic mass is 10.2. The molecule has 1 aromatic carbocycles. The summed E-state index contributed by atoms with van der Waals surface area (Å²) in [4.78, 5) is 12.6. The smallest absolute Gasteiger partial charge is 0.336 e. The minimum Gasteiger partial charge on any atom is -0.478 e. The SMILES string of the molecule is CN(C)c1ccc(Br)c(C(=O)O)c1. The van der Waals surface area contributed by atoms with Gasteiger partial charge in [-0.15, -0.1) is 0 Å². The molecule has 0 aromatic heterocycles. The summed E-state index contributed by atoms with van der Waals surface area (Å²) in [7, 11) is 3.74. The predicted octanol–water partition coefficient (Wildman–Crippen LogP) is 2.21. The maximum Gasteiger partial charge on any atom is 0.336 e. The molecule has 3 nitrogen and oxygen atoms in total. The summed E-state index contributed by atoms with van der Waals surface area (Å²) in [5.74, 6) is -0.921. The third kappa shape index (κ3) is 2.21. The van der Waals surface area contributed by atoms with Crippen LogP contribution < -0.4 is 4.90 Å². The number of carboxylic acids is 1. The quantitative estimate of drug-likeness (QED) is 0.867. The summed E-state index contributed by atoms with van der Waals surface area (Å²) in [6, 6.07) is 5.22. The van der Waals surface area contributed by atoms with Crippen molar-refractivity contribution in [1.29, 1.82) is 0 Å². The molecular weight excluding hydrogens is 234 g/mol. The number of carboxylic acid groups (broad SMARTS) is 1. The van der Waals surface area contributed by atoms with Gasteiger partial charge >= 0.3 is 5.97 Å². The third-order valence-corrected chi connectivity index (χ3v) is 2.39. The first-order valence-corrected chi connectivity index (χ1v) is 4.52. The van der Waals surface area contributed by atoms with Gasteiger partial charge in [0.1, 0.15) is 0 Å². The highest BCUT2D eigenvalue weighted by Gasteiger charge is 2.09. The monoisotopic (exact) mass is 243 g/mol. The topological polar surface area (TPSA) is 40.5 Å². The molecule has 1 aromatic rings. The maximum atomic E-state index is 10.7. The highest BCUT2D eigenvalue weighted by molar-refractivity contribution is 9.10. The lowest BCUT2D eigenvalue weighted by Gasteiger charge is -2.13. The average molecular weight is 244 g/mol. The predicted molar refractivity (Wildman–Crippen MR) is 55.4 cm³/mol. The van der Waals surface area contributed by atoms with Crippen LogP contribution in [0.5, 0.6) is 0 Å². The molecule has 0 heterocycles. The fourth-order valence-corrected chi connectivity index (χ4v) is 1.37. The Morgan fingerprint density at radius 3 is 2.54 bits per heavy atom. The number of nitrogens with zero attached hydrogens (tertiary/aromatic N) is 1. The number of carbonyl (C=O) groups is 1. The summed E-state index contributed by atoms with van der Waals surface area (Å²) in [6.45, 7) is 0. The molecule has 0 unspecified atom stereocenters. The van der Waals surface area contributed by atoms with Gasteiger partial charge in [-0.05, 0) is 34.1 Å². The lowest BCUT2D eigenvalue weighted by molar-refractivity contribution is 0.0696. The molecule has 0 aliphatic rings. The van der Waals surface area contributed by atoms with Gasteiger partial charge in [-0.25, -0.2) is 4.79 Å². The molecule has 13 heavy (non-hydrogen) atoms. The van der Waals surface area contributed by atoms with E-state index in [-0.39, 0.29) is 5.56 Å². The molecule has 0 fully saturated rings. The molecule has 0 bridgehead atoms. The summed E-state index contributed by atoms with van der Waals surface area (Å²) in [5.41, 5.74) is 1.16. The molecule has 0 aliphatic carbocycles. The zero-order valence-electron chi connectivity index (χ0n) is 7.41. The molecule has 0 saturated heterocycles.